The van der Waals surface area contributed by atoms with E-state index in [4.69, 9.17) is 0 Å². The van der Waals surface area contributed by atoms with Gasteiger partial charge in [-0.25, -0.2) is 0 Å². The first-order chi connectivity index (χ1) is 6.33. The molecule has 0 aliphatic heterocycles. The van der Waals surface area contributed by atoms with Gasteiger partial charge in [0.05, 0.1) is 0 Å². The zero-order valence-corrected chi connectivity index (χ0v) is 8.75. The maximum absolute atomic E-state index is 10.8. The van der Waals surface area contributed by atoms with E-state index in [2.05, 4.69) is 20.9 Å². The smallest absolute Gasteiger partial charge is 0.127 e. The molecular weight excluding hydrogens is 230 g/mol. The molecule has 3 heteroatoms. The lowest BCUT2D eigenvalue weighted by atomic mass is 9.85. The third-order valence-electron chi connectivity index (χ3n) is 2.54. The molecule has 0 saturated carbocycles. The number of carbonyl (C=O) groups excluding carboxylic acids is 1. The maximum atomic E-state index is 10.8. The molecule has 1 atom stereocenters. The molecule has 0 N–H and O–H groups in total. The summed E-state index contributed by atoms with van der Waals surface area (Å²) in [5, 5.41) is 0. The Balaban J connectivity index is 2.51. The SMILES string of the molecule is O=CC1CCCc2c(Br)cncc21. The molecule has 1 heterocycles. The van der Waals surface area contributed by atoms with Crippen LogP contribution in [-0.2, 0) is 11.2 Å². The number of fused-ring (bicyclic) bond motifs is 1. The Hall–Kier alpha value is -0.700. The number of hydrogen-bond donors (Lipinski definition) is 0. The van der Waals surface area contributed by atoms with Crippen LogP contribution in [0.3, 0.4) is 0 Å². The summed E-state index contributed by atoms with van der Waals surface area (Å²) in [6, 6.07) is 0. The molecule has 1 aromatic rings. The molecule has 2 rings (SSSR count). The van der Waals surface area contributed by atoms with Crippen molar-refractivity contribution in [2.45, 2.75) is 25.2 Å². The van der Waals surface area contributed by atoms with Crippen molar-refractivity contribution in [1.82, 2.24) is 4.98 Å². The molecule has 0 spiro atoms. The monoisotopic (exact) mass is 239 g/mol. The third kappa shape index (κ3) is 1.53. The van der Waals surface area contributed by atoms with E-state index in [9.17, 15) is 4.79 Å². The first kappa shape index (κ1) is 8.88. The number of aldehydes is 1. The highest BCUT2D eigenvalue weighted by atomic mass is 79.9. The van der Waals surface area contributed by atoms with Crippen LogP contribution >= 0.6 is 15.9 Å². The average molecular weight is 240 g/mol. The van der Waals surface area contributed by atoms with Crippen LogP contribution in [0.2, 0.25) is 0 Å². The Bertz CT molecular complexity index is 338. The zero-order valence-electron chi connectivity index (χ0n) is 7.16. The van der Waals surface area contributed by atoms with Gasteiger partial charge in [0.1, 0.15) is 6.29 Å². The molecule has 1 aliphatic carbocycles. The van der Waals surface area contributed by atoms with Gasteiger partial charge in [-0.3, -0.25) is 4.98 Å². The molecule has 1 unspecified atom stereocenters. The normalized spacial score (nSPS) is 20.8. The topological polar surface area (TPSA) is 30.0 Å². The minimum Gasteiger partial charge on any atom is -0.303 e. The van der Waals surface area contributed by atoms with Crippen LogP contribution in [0, 0.1) is 0 Å². The molecule has 0 saturated heterocycles. The fourth-order valence-electron chi connectivity index (χ4n) is 1.86. The number of nitrogens with zero attached hydrogens (tertiary/aromatic N) is 1. The summed E-state index contributed by atoms with van der Waals surface area (Å²) in [4.78, 5) is 14.9. The van der Waals surface area contributed by atoms with Crippen LogP contribution in [0.4, 0.5) is 0 Å². The van der Waals surface area contributed by atoms with Crippen LogP contribution in [-0.4, -0.2) is 11.3 Å². The van der Waals surface area contributed by atoms with Crippen molar-refractivity contribution in [3.8, 4) is 0 Å². The van der Waals surface area contributed by atoms with Crippen molar-refractivity contribution in [2.75, 3.05) is 0 Å². The van der Waals surface area contributed by atoms with Gasteiger partial charge in [-0.2, -0.15) is 0 Å². The molecule has 1 aromatic heterocycles. The highest BCUT2D eigenvalue weighted by Crippen LogP contribution is 2.33. The summed E-state index contributed by atoms with van der Waals surface area (Å²) in [6.45, 7) is 0. The van der Waals surface area contributed by atoms with Gasteiger partial charge in [-0.15, -0.1) is 0 Å². The summed E-state index contributed by atoms with van der Waals surface area (Å²) in [7, 11) is 0. The van der Waals surface area contributed by atoms with Crippen LogP contribution in [0.1, 0.15) is 29.9 Å². The molecule has 13 heavy (non-hydrogen) atoms. The Morgan fingerprint density at radius 1 is 1.54 bits per heavy atom. The van der Waals surface area contributed by atoms with Crippen molar-refractivity contribution in [3.05, 3.63) is 28.0 Å². The molecule has 0 fully saturated rings. The number of halogens is 1. The molecule has 1 aliphatic rings. The molecule has 0 radical (unpaired) electrons. The lowest BCUT2D eigenvalue weighted by Gasteiger charge is -2.21. The lowest BCUT2D eigenvalue weighted by Crippen LogP contribution is -2.11. The van der Waals surface area contributed by atoms with Gasteiger partial charge in [0.15, 0.2) is 0 Å². The van der Waals surface area contributed by atoms with Crippen molar-refractivity contribution in [2.24, 2.45) is 0 Å². The van der Waals surface area contributed by atoms with E-state index in [1.54, 1.807) is 6.20 Å². The Labute approximate surface area is 85.5 Å². The molecule has 2 nitrogen and oxygen atoms in total. The van der Waals surface area contributed by atoms with Crippen LogP contribution in [0.5, 0.6) is 0 Å². The van der Waals surface area contributed by atoms with Gasteiger partial charge >= 0.3 is 0 Å². The summed E-state index contributed by atoms with van der Waals surface area (Å²) < 4.78 is 1.04. The largest absolute Gasteiger partial charge is 0.303 e. The number of hydrogen-bond acceptors (Lipinski definition) is 2. The van der Waals surface area contributed by atoms with Gasteiger partial charge in [-0.05, 0) is 46.3 Å². The van der Waals surface area contributed by atoms with Gasteiger partial charge in [0.2, 0.25) is 0 Å². The highest BCUT2D eigenvalue weighted by Gasteiger charge is 2.21. The molecule has 0 bridgehead atoms. The second kappa shape index (κ2) is 3.58. The van der Waals surface area contributed by atoms with E-state index in [0.29, 0.717) is 0 Å². The van der Waals surface area contributed by atoms with E-state index >= 15 is 0 Å². The Morgan fingerprint density at radius 3 is 3.15 bits per heavy atom. The van der Waals surface area contributed by atoms with E-state index in [-0.39, 0.29) is 5.92 Å². The Kier molecular flexibility index (Phi) is 2.44. The van der Waals surface area contributed by atoms with Gasteiger partial charge in [0, 0.05) is 22.8 Å². The quantitative estimate of drug-likeness (QED) is 0.706. The highest BCUT2D eigenvalue weighted by molar-refractivity contribution is 9.10. The average Bonchev–Trinajstić information content (AvgIpc) is 2.18. The van der Waals surface area contributed by atoms with Gasteiger partial charge in [-0.1, -0.05) is 0 Å². The van der Waals surface area contributed by atoms with E-state index in [1.807, 2.05) is 6.20 Å². The second-order valence-electron chi connectivity index (χ2n) is 3.32. The fraction of sp³-hybridized carbons (Fsp3) is 0.400. The molecule has 0 aromatic carbocycles. The van der Waals surface area contributed by atoms with Gasteiger partial charge < -0.3 is 4.79 Å². The minimum absolute atomic E-state index is 0.0637. The predicted molar refractivity (Wildman–Crippen MR) is 53.7 cm³/mol. The lowest BCUT2D eigenvalue weighted by molar-refractivity contribution is -0.109. The fourth-order valence-corrected chi connectivity index (χ4v) is 2.40. The third-order valence-corrected chi connectivity index (χ3v) is 3.23. The van der Waals surface area contributed by atoms with Crippen molar-refractivity contribution < 1.29 is 4.79 Å². The summed E-state index contributed by atoms with van der Waals surface area (Å²) in [5.41, 5.74) is 2.37. The molecule has 68 valence electrons. The number of carbonyl (C=O) groups is 1. The van der Waals surface area contributed by atoms with E-state index in [0.717, 1.165) is 35.6 Å². The number of rotatable bonds is 1. The minimum atomic E-state index is 0.0637. The predicted octanol–water partition coefficient (Wildman–Crippen LogP) is 2.46. The van der Waals surface area contributed by atoms with E-state index < -0.39 is 0 Å². The van der Waals surface area contributed by atoms with Crippen molar-refractivity contribution >= 4 is 22.2 Å². The van der Waals surface area contributed by atoms with Crippen LogP contribution < -0.4 is 0 Å². The zero-order chi connectivity index (χ0) is 9.26. The summed E-state index contributed by atoms with van der Waals surface area (Å²) in [5.74, 6) is 0.0637. The van der Waals surface area contributed by atoms with Crippen LogP contribution in [0.25, 0.3) is 0 Å². The van der Waals surface area contributed by atoms with Crippen molar-refractivity contribution in [3.63, 3.8) is 0 Å². The number of aromatic nitrogens is 1. The first-order valence-electron chi connectivity index (χ1n) is 4.40. The second-order valence-corrected chi connectivity index (χ2v) is 4.18. The maximum Gasteiger partial charge on any atom is 0.127 e. The first-order valence-corrected chi connectivity index (χ1v) is 5.20. The van der Waals surface area contributed by atoms with Crippen LogP contribution in [0.15, 0.2) is 16.9 Å². The number of pyridine rings is 1. The van der Waals surface area contributed by atoms with Gasteiger partial charge in [0.25, 0.3) is 0 Å². The standard InChI is InChI=1S/C10H10BrNO/c11-10-5-12-4-9-7(6-13)2-1-3-8(9)10/h4-7H,1-3H2. The molecule has 0 amide bonds. The summed E-state index contributed by atoms with van der Waals surface area (Å²) in [6.07, 6.45) is 7.77. The Morgan fingerprint density at radius 2 is 2.38 bits per heavy atom. The molecular formula is C10H10BrNO. The van der Waals surface area contributed by atoms with Crippen molar-refractivity contribution in [1.29, 1.82) is 0 Å². The van der Waals surface area contributed by atoms with E-state index in [1.165, 1.54) is 5.56 Å². The summed E-state index contributed by atoms with van der Waals surface area (Å²) >= 11 is 3.46.